The van der Waals surface area contributed by atoms with Crippen LogP contribution in [-0.2, 0) is 40.8 Å². The zero-order valence-corrected chi connectivity index (χ0v) is 10.7. The van der Waals surface area contributed by atoms with Gasteiger partial charge < -0.3 is 0 Å². The Labute approximate surface area is 91.6 Å². The van der Waals surface area contributed by atoms with E-state index in [0.29, 0.717) is 0 Å². The summed E-state index contributed by atoms with van der Waals surface area (Å²) in [5, 5.41) is 0. The quantitative estimate of drug-likeness (QED) is 0.507. The predicted octanol–water partition coefficient (Wildman–Crippen LogP) is -1.31. The van der Waals surface area contributed by atoms with Gasteiger partial charge in [-0.25, -0.2) is 0 Å². The summed E-state index contributed by atoms with van der Waals surface area (Å²) in [6.07, 6.45) is 0. The molecule has 0 fully saturated rings. The van der Waals surface area contributed by atoms with Gasteiger partial charge in [-0.15, -0.1) is 0 Å². The van der Waals surface area contributed by atoms with Crippen LogP contribution in [0.2, 0.25) is 0 Å². The third kappa shape index (κ3) is 20.6. The van der Waals surface area contributed by atoms with Crippen molar-refractivity contribution >= 4 is 11.0 Å². The van der Waals surface area contributed by atoms with Gasteiger partial charge in [-0.2, -0.15) is 0 Å². The van der Waals surface area contributed by atoms with E-state index in [1.54, 1.807) is 0 Å². The van der Waals surface area contributed by atoms with E-state index < -0.39 is 0 Å². The van der Waals surface area contributed by atoms with Gasteiger partial charge in [0.25, 0.3) is 0 Å². The molecule has 0 unspecified atom stereocenters. The fourth-order valence-corrected chi connectivity index (χ4v) is 0. The van der Waals surface area contributed by atoms with Crippen molar-refractivity contribution in [3.8, 4) is 0 Å². The Balaban J connectivity index is -0.00000000167. The summed E-state index contributed by atoms with van der Waals surface area (Å²) in [4.78, 5) is 0. The summed E-state index contributed by atoms with van der Waals surface area (Å²) in [7, 11) is 0. The second-order valence-corrected chi connectivity index (χ2v) is 0. The average Bonchev–Trinajstić information content (AvgIpc) is 1.00. The first-order valence-corrected chi connectivity index (χ1v) is 0.842. The molecule has 5 heteroatoms. The molecule has 0 saturated heterocycles. The van der Waals surface area contributed by atoms with Crippen LogP contribution in [0.5, 0.6) is 0 Å². The van der Waals surface area contributed by atoms with Crippen LogP contribution in [0, 0.1) is 41.7 Å². The molecule has 0 N–H and O–H groups in total. The van der Waals surface area contributed by atoms with E-state index in [-0.39, 0.29) is 69.8 Å². The topological polar surface area (TPSA) is 17.1 Å². The molecular formula is H3CeMnOSiTi. The van der Waals surface area contributed by atoms with Gasteiger partial charge >= 0.3 is 23.7 Å². The van der Waals surface area contributed by atoms with Crippen LogP contribution in [-0.4, -0.2) is 11.0 Å². The van der Waals surface area contributed by atoms with Crippen molar-refractivity contribution in [2.75, 3.05) is 0 Å². The molecule has 0 atom stereocenters. The van der Waals surface area contributed by atoms with E-state index in [0.717, 1.165) is 20.4 Å². The van der Waals surface area contributed by atoms with Crippen LogP contribution >= 0.6 is 0 Å². The van der Waals surface area contributed by atoms with Gasteiger partial charge in [-0.05, 0) is 11.0 Å². The van der Waals surface area contributed by atoms with Gasteiger partial charge in [0.2, 0.25) is 0 Å². The third-order valence-electron chi connectivity index (χ3n) is 0. The molecule has 0 rings (SSSR count). The molecule has 1 nitrogen and oxygen atoms in total. The average molecular weight is 290 g/mol. The molecule has 0 amide bonds. The van der Waals surface area contributed by atoms with Gasteiger partial charge in [0.1, 0.15) is 0 Å². The molecule has 0 aliphatic heterocycles. The second-order valence-electron chi connectivity index (χ2n) is 0. The van der Waals surface area contributed by atoms with Crippen LogP contribution in [0.15, 0.2) is 0 Å². The van der Waals surface area contributed by atoms with Crippen LogP contribution in [0.3, 0.4) is 0 Å². The fourth-order valence-electron chi connectivity index (χ4n) is 0. The first-order valence-electron chi connectivity index (χ1n) is 0.204. The van der Waals surface area contributed by atoms with E-state index in [2.05, 4.69) is 0 Å². The summed E-state index contributed by atoms with van der Waals surface area (Å²) < 4.78 is 8.25. The van der Waals surface area contributed by atoms with Crippen molar-refractivity contribution < 1.29 is 82.5 Å². The standard InChI is InChI=1S/Ce.Mn.O.H3Si.Ti/h;;;1H3;. The number of hydrogen-bond donors (Lipinski definition) is 0. The minimum Gasteiger partial charge on any atom is -0.0125 e. The summed E-state index contributed by atoms with van der Waals surface area (Å²) in [6.45, 7) is 0. The van der Waals surface area contributed by atoms with E-state index in [1.165, 1.54) is 0 Å². The Kier molecular flexibility index (Phi) is 155. The molecule has 0 aliphatic carbocycles. The second kappa shape index (κ2) is 30.4. The van der Waals surface area contributed by atoms with Crippen molar-refractivity contribution in [3.63, 3.8) is 0 Å². The SMILES string of the molecule is [Ce].[Mn].[O]=[Ti].[SiH3]. The van der Waals surface area contributed by atoms with Crippen LogP contribution < -0.4 is 0 Å². The molecule has 0 aromatic heterocycles. The van der Waals surface area contributed by atoms with Gasteiger partial charge in [0.15, 0.2) is 0 Å². The zero-order chi connectivity index (χ0) is 2.00. The molecule has 0 saturated carbocycles. The Hall–Kier alpha value is 2.63. The van der Waals surface area contributed by atoms with Gasteiger partial charge in [-0.3, -0.25) is 0 Å². The summed E-state index contributed by atoms with van der Waals surface area (Å²) >= 11 is 0.750. The van der Waals surface area contributed by atoms with Crippen molar-refractivity contribution in [1.82, 2.24) is 0 Å². The molecule has 28 valence electrons. The molecule has 5 heavy (non-hydrogen) atoms. The Morgan fingerprint density at radius 2 is 1.20 bits per heavy atom. The molecule has 2 radical (unpaired) electrons. The van der Waals surface area contributed by atoms with E-state index >= 15 is 0 Å². The zero-order valence-electron chi connectivity index (χ0n) is 2.79. The van der Waals surface area contributed by atoms with Crippen molar-refractivity contribution in [1.29, 1.82) is 0 Å². The monoisotopic (exact) mass is 290 g/mol. The van der Waals surface area contributed by atoms with Gasteiger partial charge in [-0.1, -0.05) is 0 Å². The first kappa shape index (κ1) is 25.5. The van der Waals surface area contributed by atoms with Gasteiger partial charge in [0.05, 0.1) is 0 Å². The normalized spacial score (nSPS) is 0.600. The molecule has 0 aliphatic rings. The maximum Gasteiger partial charge on any atom is -0.0125 e. The third-order valence-corrected chi connectivity index (χ3v) is 0. The number of rotatable bonds is 0. The number of hydrogen-bond acceptors (Lipinski definition) is 1. The minimum atomic E-state index is 0. The Morgan fingerprint density at radius 3 is 1.20 bits per heavy atom. The predicted molar refractivity (Wildman–Crippen MR) is 10.6 cm³/mol. The van der Waals surface area contributed by atoms with Crippen LogP contribution in [0.25, 0.3) is 0 Å². The van der Waals surface area contributed by atoms with Gasteiger partial charge in [0, 0.05) is 58.8 Å². The molecular weight excluding hydrogens is 287 g/mol. The Bertz CT molecular complexity index is 11.6. The molecule has 0 aromatic carbocycles. The van der Waals surface area contributed by atoms with E-state index in [4.69, 9.17) is 3.32 Å². The van der Waals surface area contributed by atoms with Crippen molar-refractivity contribution in [2.24, 2.45) is 0 Å². The summed E-state index contributed by atoms with van der Waals surface area (Å²) in [6, 6.07) is 0. The maximum atomic E-state index is 8.25. The van der Waals surface area contributed by atoms with Crippen molar-refractivity contribution in [3.05, 3.63) is 0 Å². The largest absolute Gasteiger partial charge is 0.0125 e. The van der Waals surface area contributed by atoms with E-state index in [9.17, 15) is 0 Å². The maximum absolute atomic E-state index is 8.25. The van der Waals surface area contributed by atoms with Crippen LogP contribution in [0.4, 0.5) is 0 Å². The molecule has 0 heterocycles. The summed E-state index contributed by atoms with van der Waals surface area (Å²) in [5.41, 5.74) is 0. The minimum absolute atomic E-state index is 0. The smallest absolute Gasteiger partial charge is 0.0125 e. The fraction of sp³-hybridized carbons (Fsp3) is 0. The first-order chi connectivity index (χ1) is 1.00. The molecule has 0 aromatic rings. The van der Waals surface area contributed by atoms with Crippen LogP contribution in [0.1, 0.15) is 0 Å². The van der Waals surface area contributed by atoms with E-state index in [1.807, 2.05) is 0 Å². The Morgan fingerprint density at radius 1 is 1.20 bits per heavy atom. The molecule has 0 spiro atoms. The summed E-state index contributed by atoms with van der Waals surface area (Å²) in [5.74, 6) is 0. The van der Waals surface area contributed by atoms with Crippen molar-refractivity contribution in [2.45, 2.75) is 0 Å². The molecule has 0 bridgehead atoms.